The first-order chi connectivity index (χ1) is 9.58. The highest BCUT2D eigenvalue weighted by Gasteiger charge is 2.41. The van der Waals surface area contributed by atoms with Gasteiger partial charge in [0.15, 0.2) is 0 Å². The smallest absolute Gasteiger partial charge is 0.233 e. The maximum absolute atomic E-state index is 5.94. The van der Waals surface area contributed by atoms with Crippen molar-refractivity contribution in [3.63, 3.8) is 0 Å². The molecule has 114 valence electrons. The lowest BCUT2D eigenvalue weighted by molar-refractivity contribution is 0.0544. The first-order valence-corrected chi connectivity index (χ1v) is 7.80. The van der Waals surface area contributed by atoms with Gasteiger partial charge in [0.05, 0.1) is 24.2 Å². The quantitative estimate of drug-likeness (QED) is 0.868. The van der Waals surface area contributed by atoms with Crippen LogP contribution in [0.4, 0.5) is 0 Å². The van der Waals surface area contributed by atoms with E-state index < -0.39 is 0 Å². The summed E-state index contributed by atoms with van der Waals surface area (Å²) in [5, 5.41) is 12.0. The molecule has 0 aromatic carbocycles. The summed E-state index contributed by atoms with van der Waals surface area (Å²) in [6.07, 6.45) is 2.42. The van der Waals surface area contributed by atoms with E-state index in [2.05, 4.69) is 50.1 Å². The monoisotopic (exact) mass is 281 g/mol. The molecule has 0 spiro atoms. The van der Waals surface area contributed by atoms with Crippen LogP contribution in [0.1, 0.15) is 71.2 Å². The van der Waals surface area contributed by atoms with Crippen molar-refractivity contribution < 1.29 is 9.15 Å². The summed E-state index contributed by atoms with van der Waals surface area (Å²) < 4.78 is 11.8. The fourth-order valence-electron chi connectivity index (χ4n) is 2.94. The molecule has 1 saturated heterocycles. The third-order valence-corrected chi connectivity index (χ3v) is 4.33. The van der Waals surface area contributed by atoms with E-state index in [-0.39, 0.29) is 24.2 Å². The molecule has 1 N–H and O–H groups in total. The van der Waals surface area contributed by atoms with Gasteiger partial charge < -0.3 is 14.5 Å². The predicted octanol–water partition coefficient (Wildman–Crippen LogP) is 3.05. The van der Waals surface area contributed by atoms with Crippen LogP contribution < -0.4 is 5.32 Å². The Morgan fingerprint density at radius 1 is 1.15 bits per heavy atom. The molecule has 20 heavy (non-hydrogen) atoms. The number of aromatic nitrogens is 2. The Balaban J connectivity index is 2.11. The molecule has 5 heteroatoms. The Hall–Kier alpha value is -0.940. The maximum atomic E-state index is 5.94. The van der Waals surface area contributed by atoms with Crippen molar-refractivity contribution in [2.45, 2.75) is 71.6 Å². The summed E-state index contributed by atoms with van der Waals surface area (Å²) >= 11 is 0. The average Bonchev–Trinajstić information content (AvgIpc) is 2.97. The molecule has 1 fully saturated rings. The van der Waals surface area contributed by atoms with Crippen LogP contribution in [0.5, 0.6) is 0 Å². The highest BCUT2D eigenvalue weighted by Crippen LogP contribution is 2.39. The highest BCUT2D eigenvalue weighted by atomic mass is 16.5. The van der Waals surface area contributed by atoms with Crippen LogP contribution in [0, 0.1) is 5.92 Å². The van der Waals surface area contributed by atoms with E-state index in [1.54, 1.807) is 0 Å². The Morgan fingerprint density at radius 2 is 1.90 bits per heavy atom. The Labute approximate surface area is 121 Å². The summed E-state index contributed by atoms with van der Waals surface area (Å²) in [6, 6.07) is 0.154. The highest BCUT2D eigenvalue weighted by molar-refractivity contribution is 5.03. The van der Waals surface area contributed by atoms with E-state index >= 15 is 0 Å². The van der Waals surface area contributed by atoms with Gasteiger partial charge in [0.1, 0.15) is 0 Å². The van der Waals surface area contributed by atoms with E-state index in [0.29, 0.717) is 11.8 Å². The molecule has 5 atom stereocenters. The molecule has 2 heterocycles. The van der Waals surface area contributed by atoms with Crippen LogP contribution >= 0.6 is 0 Å². The Kier molecular flexibility index (Phi) is 5.16. The fraction of sp³-hybridized carbons (Fsp3) is 0.867. The van der Waals surface area contributed by atoms with Crippen LogP contribution in [0.3, 0.4) is 0 Å². The third kappa shape index (κ3) is 3.04. The van der Waals surface area contributed by atoms with Gasteiger partial charge in [-0.1, -0.05) is 20.8 Å². The summed E-state index contributed by atoms with van der Waals surface area (Å²) in [5.41, 5.74) is 0. The van der Waals surface area contributed by atoms with Gasteiger partial charge in [0, 0.05) is 0 Å². The molecule has 1 aliphatic rings. The van der Waals surface area contributed by atoms with E-state index in [1.165, 1.54) is 0 Å². The lowest BCUT2D eigenvalue weighted by Gasteiger charge is -2.14. The molecular weight excluding hydrogens is 254 g/mol. The average molecular weight is 281 g/mol. The minimum absolute atomic E-state index is 0.136. The van der Waals surface area contributed by atoms with Crippen molar-refractivity contribution in [2.24, 2.45) is 5.92 Å². The maximum Gasteiger partial charge on any atom is 0.233 e. The third-order valence-electron chi connectivity index (χ3n) is 4.33. The normalized spacial score (nSPS) is 31.6. The van der Waals surface area contributed by atoms with Gasteiger partial charge in [-0.2, -0.15) is 0 Å². The lowest BCUT2D eigenvalue weighted by Crippen LogP contribution is -2.21. The van der Waals surface area contributed by atoms with Crippen molar-refractivity contribution in [3.8, 4) is 0 Å². The number of ether oxygens (including phenoxy) is 1. The predicted molar refractivity (Wildman–Crippen MR) is 77.5 cm³/mol. The molecule has 1 aromatic heterocycles. The topological polar surface area (TPSA) is 60.2 Å². The van der Waals surface area contributed by atoms with Crippen molar-refractivity contribution in [2.75, 3.05) is 6.54 Å². The van der Waals surface area contributed by atoms with Crippen LogP contribution in [-0.2, 0) is 4.74 Å². The van der Waals surface area contributed by atoms with Crippen LogP contribution in [0.25, 0.3) is 0 Å². The van der Waals surface area contributed by atoms with Gasteiger partial charge in [0.25, 0.3) is 0 Å². The first-order valence-electron chi connectivity index (χ1n) is 7.80. The summed E-state index contributed by atoms with van der Waals surface area (Å²) in [5.74, 6) is 2.04. The Bertz CT molecular complexity index is 421. The molecular formula is C15H27N3O2. The van der Waals surface area contributed by atoms with Crippen molar-refractivity contribution in [3.05, 3.63) is 11.8 Å². The zero-order valence-electron chi connectivity index (χ0n) is 13.2. The standard InChI is InChI=1S/C15H27N3O2/c1-6-8-16-12(7-2)14-17-18-15(20-14)13-9(3)10(4)19-11(13)5/h9-13,16H,6-8H2,1-5H3. The lowest BCUT2D eigenvalue weighted by atomic mass is 9.89. The summed E-state index contributed by atoms with van der Waals surface area (Å²) in [4.78, 5) is 0. The minimum Gasteiger partial charge on any atom is -0.423 e. The zero-order chi connectivity index (χ0) is 14.7. The molecule has 0 bridgehead atoms. The second-order valence-electron chi connectivity index (χ2n) is 5.82. The van der Waals surface area contributed by atoms with E-state index in [1.807, 2.05) is 0 Å². The summed E-state index contributed by atoms with van der Waals surface area (Å²) in [7, 11) is 0. The minimum atomic E-state index is 0.136. The van der Waals surface area contributed by atoms with E-state index in [0.717, 1.165) is 25.3 Å². The Morgan fingerprint density at radius 3 is 2.45 bits per heavy atom. The van der Waals surface area contributed by atoms with Crippen molar-refractivity contribution in [1.82, 2.24) is 15.5 Å². The molecule has 0 radical (unpaired) electrons. The number of hydrogen-bond donors (Lipinski definition) is 1. The SMILES string of the molecule is CCCNC(CC)c1nnc(C2C(C)OC(C)C2C)o1. The number of nitrogens with zero attached hydrogens (tertiary/aromatic N) is 2. The first kappa shape index (κ1) is 15.4. The van der Waals surface area contributed by atoms with Crippen LogP contribution in [-0.4, -0.2) is 29.0 Å². The van der Waals surface area contributed by atoms with Gasteiger partial charge >= 0.3 is 0 Å². The summed E-state index contributed by atoms with van der Waals surface area (Å²) in [6.45, 7) is 11.6. The van der Waals surface area contributed by atoms with E-state index in [9.17, 15) is 0 Å². The second-order valence-corrected chi connectivity index (χ2v) is 5.82. The van der Waals surface area contributed by atoms with Crippen molar-refractivity contribution in [1.29, 1.82) is 0 Å². The van der Waals surface area contributed by atoms with Gasteiger partial charge in [-0.15, -0.1) is 10.2 Å². The molecule has 1 aromatic rings. The largest absolute Gasteiger partial charge is 0.423 e. The van der Waals surface area contributed by atoms with Crippen LogP contribution in [0.2, 0.25) is 0 Å². The number of hydrogen-bond acceptors (Lipinski definition) is 5. The molecule has 0 amide bonds. The van der Waals surface area contributed by atoms with Gasteiger partial charge in [-0.3, -0.25) is 0 Å². The molecule has 0 aliphatic carbocycles. The number of rotatable bonds is 6. The molecule has 5 unspecified atom stereocenters. The van der Waals surface area contributed by atoms with Gasteiger partial charge in [-0.05, 0) is 39.2 Å². The number of nitrogens with one attached hydrogen (secondary N) is 1. The fourth-order valence-corrected chi connectivity index (χ4v) is 2.94. The van der Waals surface area contributed by atoms with E-state index in [4.69, 9.17) is 9.15 Å². The van der Waals surface area contributed by atoms with Crippen LogP contribution in [0.15, 0.2) is 4.42 Å². The molecule has 2 rings (SSSR count). The van der Waals surface area contributed by atoms with Gasteiger partial charge in [-0.25, -0.2) is 0 Å². The zero-order valence-corrected chi connectivity index (χ0v) is 13.2. The van der Waals surface area contributed by atoms with Crippen molar-refractivity contribution >= 4 is 0 Å². The second kappa shape index (κ2) is 6.68. The molecule has 1 aliphatic heterocycles. The van der Waals surface area contributed by atoms with Gasteiger partial charge in [0.2, 0.25) is 11.8 Å². The molecule has 0 saturated carbocycles. The molecule has 5 nitrogen and oxygen atoms in total.